The third-order valence-electron chi connectivity index (χ3n) is 11.9. The van der Waals surface area contributed by atoms with Crippen molar-refractivity contribution in [1.82, 2.24) is 9.13 Å². The van der Waals surface area contributed by atoms with Gasteiger partial charge in [-0.15, -0.1) is 0 Å². The summed E-state index contributed by atoms with van der Waals surface area (Å²) in [6.45, 7) is 4.27. The number of aryl methyl sites for hydroxylation is 2. The average Bonchev–Trinajstić information content (AvgIpc) is 3.81. The van der Waals surface area contributed by atoms with E-state index < -0.39 is 0 Å². The van der Waals surface area contributed by atoms with E-state index in [0.717, 1.165) is 28.4 Å². The Morgan fingerprint density at radius 1 is 0.288 bits per heavy atom. The molecule has 9 aromatic carbocycles. The molecule has 0 amide bonds. The molecule has 2 aromatic heterocycles. The summed E-state index contributed by atoms with van der Waals surface area (Å²) in [4.78, 5) is 2.33. The zero-order chi connectivity index (χ0) is 39.5. The Morgan fingerprint density at radius 3 is 1.05 bits per heavy atom. The number of para-hydroxylation sites is 3. The predicted molar refractivity (Wildman–Crippen MR) is 250 cm³/mol. The third-order valence-corrected chi connectivity index (χ3v) is 11.9. The molecule has 0 saturated heterocycles. The summed E-state index contributed by atoms with van der Waals surface area (Å²) in [5, 5.41) is 5.05. The molecule has 0 aliphatic carbocycles. The van der Waals surface area contributed by atoms with Crippen molar-refractivity contribution in [1.29, 1.82) is 0 Å². The molecule has 3 heteroatoms. The molecular formula is C56H41N3. The molecule has 11 rings (SSSR count). The maximum absolute atomic E-state index is 2.41. The molecule has 3 nitrogen and oxygen atoms in total. The van der Waals surface area contributed by atoms with Gasteiger partial charge in [-0.1, -0.05) is 139 Å². The first-order valence-electron chi connectivity index (χ1n) is 20.3. The fourth-order valence-electron chi connectivity index (χ4n) is 8.87. The lowest BCUT2D eigenvalue weighted by molar-refractivity contribution is 1.18. The van der Waals surface area contributed by atoms with Crippen molar-refractivity contribution in [3.05, 3.63) is 223 Å². The fraction of sp³-hybridized carbons (Fsp3) is 0.0357. The van der Waals surface area contributed by atoms with Gasteiger partial charge in [-0.25, -0.2) is 0 Å². The first kappa shape index (κ1) is 34.6. The lowest BCUT2D eigenvalue weighted by Gasteiger charge is -2.26. The second-order valence-corrected chi connectivity index (χ2v) is 15.6. The largest absolute Gasteiger partial charge is 0.311 e. The van der Waals surface area contributed by atoms with Crippen molar-refractivity contribution in [3.8, 4) is 33.6 Å². The van der Waals surface area contributed by atoms with Crippen molar-refractivity contribution in [3.63, 3.8) is 0 Å². The summed E-state index contributed by atoms with van der Waals surface area (Å²) in [7, 11) is 0. The highest BCUT2D eigenvalue weighted by Crippen LogP contribution is 2.39. The van der Waals surface area contributed by atoms with Gasteiger partial charge in [0.15, 0.2) is 0 Å². The summed E-state index contributed by atoms with van der Waals surface area (Å²) < 4.78 is 4.78. The molecule has 0 radical (unpaired) electrons. The van der Waals surface area contributed by atoms with Gasteiger partial charge in [0.2, 0.25) is 0 Å². The maximum Gasteiger partial charge on any atom is 0.0547 e. The van der Waals surface area contributed by atoms with E-state index in [9.17, 15) is 0 Å². The number of benzene rings is 9. The Bertz CT molecular complexity index is 3200. The minimum absolute atomic E-state index is 1.12. The van der Waals surface area contributed by atoms with E-state index in [1.165, 1.54) is 77.0 Å². The van der Waals surface area contributed by atoms with E-state index in [4.69, 9.17) is 0 Å². The van der Waals surface area contributed by atoms with Crippen LogP contribution in [0.25, 0.3) is 77.2 Å². The fourth-order valence-corrected chi connectivity index (χ4v) is 8.87. The highest BCUT2D eigenvalue weighted by Gasteiger charge is 2.16. The second-order valence-electron chi connectivity index (χ2n) is 15.6. The van der Waals surface area contributed by atoms with Crippen molar-refractivity contribution >= 4 is 60.7 Å². The Labute approximate surface area is 344 Å². The van der Waals surface area contributed by atoms with Crippen LogP contribution in [-0.4, -0.2) is 9.13 Å². The SMILES string of the molecule is Cc1ccc(N(c2ccc(C)cc2)c2ccc(-c3ccc4c5ccccc5n(-c5ccc(-c6ccc(-n7c8ccccc8c8ccccc87)cc6)cc5)c4c3)cc2)cc1. The van der Waals surface area contributed by atoms with Gasteiger partial charge in [-0.05, 0) is 121 Å². The number of rotatable bonds is 7. The molecule has 11 aromatic rings. The lowest BCUT2D eigenvalue weighted by Crippen LogP contribution is -2.09. The van der Waals surface area contributed by atoms with Gasteiger partial charge in [-0.3, -0.25) is 0 Å². The first-order chi connectivity index (χ1) is 29.1. The molecule has 0 unspecified atom stereocenters. The monoisotopic (exact) mass is 755 g/mol. The van der Waals surface area contributed by atoms with E-state index in [1.807, 2.05) is 0 Å². The maximum atomic E-state index is 2.41. The van der Waals surface area contributed by atoms with Crippen molar-refractivity contribution in [2.75, 3.05) is 4.90 Å². The number of hydrogen-bond donors (Lipinski definition) is 0. The molecule has 0 aliphatic rings. The van der Waals surface area contributed by atoms with E-state index in [2.05, 4.69) is 240 Å². The molecule has 59 heavy (non-hydrogen) atoms. The summed E-state index contributed by atoms with van der Waals surface area (Å²) in [5.74, 6) is 0. The molecule has 0 atom stereocenters. The zero-order valence-electron chi connectivity index (χ0n) is 33.0. The van der Waals surface area contributed by atoms with E-state index in [-0.39, 0.29) is 0 Å². The van der Waals surface area contributed by atoms with E-state index in [0.29, 0.717) is 0 Å². The van der Waals surface area contributed by atoms with Gasteiger partial charge in [0.25, 0.3) is 0 Å². The van der Waals surface area contributed by atoms with Crippen molar-refractivity contribution < 1.29 is 0 Å². The third kappa shape index (κ3) is 5.98. The number of nitrogens with zero attached hydrogens (tertiary/aromatic N) is 3. The van der Waals surface area contributed by atoms with Crippen LogP contribution in [0.5, 0.6) is 0 Å². The zero-order valence-corrected chi connectivity index (χ0v) is 33.0. The van der Waals surface area contributed by atoms with Crippen LogP contribution in [0.1, 0.15) is 11.1 Å². The van der Waals surface area contributed by atoms with E-state index in [1.54, 1.807) is 0 Å². The smallest absolute Gasteiger partial charge is 0.0547 e. The Morgan fingerprint density at radius 2 is 0.610 bits per heavy atom. The predicted octanol–water partition coefficient (Wildman–Crippen LogP) is 15.3. The van der Waals surface area contributed by atoms with Gasteiger partial charge in [0, 0.05) is 50.0 Å². The van der Waals surface area contributed by atoms with Crippen LogP contribution in [0.15, 0.2) is 212 Å². The number of aromatic nitrogens is 2. The minimum Gasteiger partial charge on any atom is -0.311 e. The van der Waals surface area contributed by atoms with Gasteiger partial charge >= 0.3 is 0 Å². The molecule has 0 aliphatic heterocycles. The summed E-state index contributed by atoms with van der Waals surface area (Å²) in [6.07, 6.45) is 0. The minimum atomic E-state index is 1.12. The number of hydrogen-bond acceptors (Lipinski definition) is 1. The topological polar surface area (TPSA) is 13.1 Å². The highest BCUT2D eigenvalue weighted by molar-refractivity contribution is 6.11. The lowest BCUT2D eigenvalue weighted by atomic mass is 10.0. The quantitative estimate of drug-likeness (QED) is 0.158. The molecule has 0 spiro atoms. The van der Waals surface area contributed by atoms with Crippen LogP contribution in [0.2, 0.25) is 0 Å². The Balaban J connectivity index is 0.935. The van der Waals surface area contributed by atoms with Crippen molar-refractivity contribution in [2.45, 2.75) is 13.8 Å². The van der Waals surface area contributed by atoms with Crippen LogP contribution in [0.3, 0.4) is 0 Å². The molecule has 0 saturated carbocycles. The standard InChI is InChI=1S/C56H41N3/c1-38-15-26-44(27-16-38)57(45-28-17-39(2)18-29-45)46-30-23-42(24-31-46)43-25-36-52-51-11-5-8-14-55(51)59(56(52)37-43)48-34-21-41(22-35-48)40-19-32-47(33-20-40)58-53-12-6-3-9-49(53)50-10-4-7-13-54(50)58/h3-37H,1-2H3. The molecule has 280 valence electrons. The van der Waals surface area contributed by atoms with Gasteiger partial charge in [-0.2, -0.15) is 0 Å². The highest BCUT2D eigenvalue weighted by atomic mass is 15.1. The first-order valence-corrected chi connectivity index (χ1v) is 20.3. The van der Waals surface area contributed by atoms with Crippen LogP contribution in [0, 0.1) is 13.8 Å². The van der Waals surface area contributed by atoms with Gasteiger partial charge in [0.1, 0.15) is 0 Å². The summed E-state index contributed by atoms with van der Waals surface area (Å²) in [5.41, 5.74) is 17.8. The van der Waals surface area contributed by atoms with Crippen LogP contribution < -0.4 is 4.90 Å². The molecule has 0 fully saturated rings. The average molecular weight is 756 g/mol. The molecule has 2 heterocycles. The van der Waals surface area contributed by atoms with E-state index >= 15 is 0 Å². The van der Waals surface area contributed by atoms with Crippen molar-refractivity contribution in [2.24, 2.45) is 0 Å². The number of fused-ring (bicyclic) bond motifs is 6. The Kier molecular flexibility index (Phi) is 8.27. The molecule has 0 N–H and O–H groups in total. The van der Waals surface area contributed by atoms with Crippen LogP contribution in [-0.2, 0) is 0 Å². The molecular weight excluding hydrogens is 715 g/mol. The van der Waals surface area contributed by atoms with Gasteiger partial charge in [0.05, 0.1) is 22.1 Å². The second kappa shape index (κ2) is 14.1. The Hall–Kier alpha value is -7.62. The van der Waals surface area contributed by atoms with Crippen LogP contribution in [0.4, 0.5) is 17.1 Å². The molecule has 0 bridgehead atoms. The van der Waals surface area contributed by atoms with Gasteiger partial charge < -0.3 is 14.0 Å². The van der Waals surface area contributed by atoms with Crippen LogP contribution >= 0.6 is 0 Å². The normalized spacial score (nSPS) is 11.6. The number of anilines is 3. The summed E-state index contributed by atoms with van der Waals surface area (Å²) >= 11 is 0. The summed E-state index contributed by atoms with van der Waals surface area (Å²) in [6, 6.07) is 77.5.